The Hall–Kier alpha value is -2.77. The highest BCUT2D eigenvalue weighted by atomic mass is 19.1. The van der Waals surface area contributed by atoms with Gasteiger partial charge in [-0.1, -0.05) is 17.3 Å². The van der Waals surface area contributed by atoms with Gasteiger partial charge >= 0.3 is 5.97 Å². The van der Waals surface area contributed by atoms with Crippen molar-refractivity contribution in [1.82, 2.24) is 19.9 Å². The third-order valence-corrected chi connectivity index (χ3v) is 3.18. The number of rotatable bonds is 6. The normalized spacial score (nSPS) is 10.8. The van der Waals surface area contributed by atoms with Gasteiger partial charge in [-0.05, 0) is 31.5 Å². The second-order valence-corrected chi connectivity index (χ2v) is 5.35. The summed E-state index contributed by atoms with van der Waals surface area (Å²) in [5, 5.41) is 16.5. The Labute approximate surface area is 132 Å². The molecular formula is C15H17FN4O3. The SMILES string of the molecule is CC(C)N(CC(=O)O)C(=O)c1cn(Cc2cccc(F)c2)nn1. The fraction of sp³-hybridized carbons (Fsp3) is 0.333. The Morgan fingerprint density at radius 3 is 2.74 bits per heavy atom. The number of hydrogen-bond donors (Lipinski definition) is 1. The van der Waals surface area contributed by atoms with Crippen LogP contribution in [0.4, 0.5) is 4.39 Å². The van der Waals surface area contributed by atoms with Crippen LogP contribution in [0.3, 0.4) is 0 Å². The standard InChI is InChI=1S/C15H17FN4O3/c1-10(2)20(9-14(21)22)15(23)13-8-19(18-17-13)7-11-4-3-5-12(16)6-11/h3-6,8,10H,7,9H2,1-2H3,(H,21,22). The zero-order valence-corrected chi connectivity index (χ0v) is 12.8. The summed E-state index contributed by atoms with van der Waals surface area (Å²) in [6.07, 6.45) is 1.42. The van der Waals surface area contributed by atoms with E-state index in [1.807, 2.05) is 0 Å². The van der Waals surface area contributed by atoms with Crippen LogP contribution in [-0.2, 0) is 11.3 Å². The van der Waals surface area contributed by atoms with Crippen molar-refractivity contribution in [3.63, 3.8) is 0 Å². The summed E-state index contributed by atoms with van der Waals surface area (Å²) in [5.41, 5.74) is 0.733. The minimum atomic E-state index is -1.10. The molecule has 1 aromatic heterocycles. The van der Waals surface area contributed by atoms with Crippen molar-refractivity contribution in [3.8, 4) is 0 Å². The number of carboxylic acid groups (broad SMARTS) is 1. The van der Waals surface area contributed by atoms with E-state index in [0.29, 0.717) is 5.56 Å². The molecule has 0 atom stereocenters. The maximum atomic E-state index is 13.2. The lowest BCUT2D eigenvalue weighted by Gasteiger charge is -2.23. The van der Waals surface area contributed by atoms with Crippen molar-refractivity contribution in [2.24, 2.45) is 0 Å². The number of halogens is 1. The first kappa shape index (κ1) is 16.6. The maximum absolute atomic E-state index is 13.2. The molecule has 0 fully saturated rings. The number of carbonyl (C=O) groups is 2. The molecule has 8 heteroatoms. The molecule has 1 amide bonds. The summed E-state index contributed by atoms with van der Waals surface area (Å²) in [6, 6.07) is 5.74. The number of hydrogen-bond acceptors (Lipinski definition) is 4. The van der Waals surface area contributed by atoms with Gasteiger partial charge in [-0.3, -0.25) is 9.59 Å². The Morgan fingerprint density at radius 2 is 2.13 bits per heavy atom. The van der Waals surface area contributed by atoms with Crippen LogP contribution in [0.15, 0.2) is 30.5 Å². The number of amides is 1. The zero-order valence-electron chi connectivity index (χ0n) is 12.8. The molecule has 1 heterocycles. The van der Waals surface area contributed by atoms with Crippen molar-refractivity contribution in [1.29, 1.82) is 0 Å². The number of nitrogens with zero attached hydrogens (tertiary/aromatic N) is 4. The first-order chi connectivity index (χ1) is 10.9. The Morgan fingerprint density at radius 1 is 1.39 bits per heavy atom. The van der Waals surface area contributed by atoms with Gasteiger partial charge in [0, 0.05) is 6.04 Å². The summed E-state index contributed by atoms with van der Waals surface area (Å²) in [4.78, 5) is 24.4. The number of benzene rings is 1. The van der Waals surface area contributed by atoms with E-state index in [1.165, 1.54) is 27.9 Å². The van der Waals surface area contributed by atoms with Gasteiger partial charge in [-0.2, -0.15) is 0 Å². The van der Waals surface area contributed by atoms with E-state index < -0.39 is 18.4 Å². The third-order valence-electron chi connectivity index (χ3n) is 3.18. The van der Waals surface area contributed by atoms with Crippen molar-refractivity contribution < 1.29 is 19.1 Å². The molecule has 0 aliphatic heterocycles. The van der Waals surface area contributed by atoms with E-state index in [2.05, 4.69) is 10.3 Å². The van der Waals surface area contributed by atoms with Crippen LogP contribution in [0, 0.1) is 5.82 Å². The van der Waals surface area contributed by atoms with Gasteiger partial charge in [0.2, 0.25) is 0 Å². The van der Waals surface area contributed by atoms with Crippen molar-refractivity contribution >= 4 is 11.9 Å². The summed E-state index contributed by atoms with van der Waals surface area (Å²) in [6.45, 7) is 3.29. The predicted octanol–water partition coefficient (Wildman–Crippen LogP) is 1.40. The molecule has 2 rings (SSSR count). The number of aliphatic carboxylic acids is 1. The Bertz CT molecular complexity index is 714. The van der Waals surface area contributed by atoms with Crippen molar-refractivity contribution in [2.75, 3.05) is 6.54 Å². The largest absolute Gasteiger partial charge is 0.480 e. The number of aromatic nitrogens is 3. The fourth-order valence-corrected chi connectivity index (χ4v) is 2.08. The summed E-state index contributed by atoms with van der Waals surface area (Å²) < 4.78 is 14.6. The quantitative estimate of drug-likeness (QED) is 0.869. The van der Waals surface area contributed by atoms with E-state index in [4.69, 9.17) is 5.11 Å². The summed E-state index contributed by atoms with van der Waals surface area (Å²) in [5.74, 6) is -1.96. The Balaban J connectivity index is 2.14. The molecule has 0 aliphatic rings. The second-order valence-electron chi connectivity index (χ2n) is 5.35. The topological polar surface area (TPSA) is 88.3 Å². The molecule has 0 spiro atoms. The average molecular weight is 320 g/mol. The first-order valence-electron chi connectivity index (χ1n) is 7.04. The average Bonchev–Trinajstić information content (AvgIpc) is 2.92. The molecule has 7 nitrogen and oxygen atoms in total. The van der Waals surface area contributed by atoms with Crippen LogP contribution < -0.4 is 0 Å². The van der Waals surface area contributed by atoms with E-state index >= 15 is 0 Å². The molecule has 0 saturated heterocycles. The first-order valence-corrected chi connectivity index (χ1v) is 7.04. The number of carboxylic acids is 1. The monoisotopic (exact) mass is 320 g/mol. The molecular weight excluding hydrogens is 303 g/mol. The van der Waals surface area contributed by atoms with Crippen LogP contribution in [0.25, 0.3) is 0 Å². The molecule has 23 heavy (non-hydrogen) atoms. The molecule has 122 valence electrons. The summed E-state index contributed by atoms with van der Waals surface area (Å²) >= 11 is 0. The third kappa shape index (κ3) is 4.35. The van der Waals surface area contributed by atoms with Crippen LogP contribution in [0.2, 0.25) is 0 Å². The summed E-state index contributed by atoms with van der Waals surface area (Å²) in [7, 11) is 0. The minimum absolute atomic E-state index is 0.0522. The van der Waals surface area contributed by atoms with Crippen molar-refractivity contribution in [3.05, 3.63) is 47.5 Å². The minimum Gasteiger partial charge on any atom is -0.480 e. The van der Waals surface area contributed by atoms with Gasteiger partial charge in [-0.25, -0.2) is 9.07 Å². The molecule has 0 unspecified atom stereocenters. The van der Waals surface area contributed by atoms with Crippen LogP contribution >= 0.6 is 0 Å². The van der Waals surface area contributed by atoms with E-state index in [9.17, 15) is 14.0 Å². The van der Waals surface area contributed by atoms with Crippen LogP contribution in [-0.4, -0.2) is 49.5 Å². The Kier molecular flexibility index (Phi) is 5.05. The lowest BCUT2D eigenvalue weighted by molar-refractivity contribution is -0.138. The lowest BCUT2D eigenvalue weighted by atomic mass is 10.2. The molecule has 0 saturated carbocycles. The highest BCUT2D eigenvalue weighted by Gasteiger charge is 2.23. The van der Waals surface area contributed by atoms with Gasteiger partial charge in [0.25, 0.3) is 5.91 Å². The van der Waals surface area contributed by atoms with E-state index in [-0.39, 0.29) is 24.1 Å². The maximum Gasteiger partial charge on any atom is 0.323 e. The van der Waals surface area contributed by atoms with Crippen molar-refractivity contribution in [2.45, 2.75) is 26.4 Å². The molecule has 2 aromatic rings. The van der Waals surface area contributed by atoms with Gasteiger partial charge in [0.15, 0.2) is 5.69 Å². The van der Waals surface area contributed by atoms with Crippen LogP contribution in [0.5, 0.6) is 0 Å². The number of carbonyl (C=O) groups excluding carboxylic acids is 1. The molecule has 0 radical (unpaired) electrons. The molecule has 1 aromatic carbocycles. The smallest absolute Gasteiger partial charge is 0.323 e. The van der Waals surface area contributed by atoms with Gasteiger partial charge in [0.1, 0.15) is 12.4 Å². The highest BCUT2D eigenvalue weighted by Crippen LogP contribution is 2.08. The molecule has 0 bridgehead atoms. The zero-order chi connectivity index (χ0) is 17.0. The van der Waals surface area contributed by atoms with Gasteiger partial charge in [-0.15, -0.1) is 5.10 Å². The van der Waals surface area contributed by atoms with Crippen LogP contribution in [0.1, 0.15) is 29.9 Å². The molecule has 0 aliphatic carbocycles. The van der Waals surface area contributed by atoms with Gasteiger partial charge in [0.05, 0.1) is 12.7 Å². The van der Waals surface area contributed by atoms with E-state index in [1.54, 1.807) is 26.0 Å². The lowest BCUT2D eigenvalue weighted by Crippen LogP contribution is -2.40. The van der Waals surface area contributed by atoms with E-state index in [0.717, 1.165) is 0 Å². The predicted molar refractivity (Wildman–Crippen MR) is 79.3 cm³/mol. The molecule has 1 N–H and O–H groups in total. The second kappa shape index (κ2) is 6.99. The highest BCUT2D eigenvalue weighted by molar-refractivity contribution is 5.94. The van der Waals surface area contributed by atoms with Gasteiger partial charge < -0.3 is 10.0 Å². The fourth-order valence-electron chi connectivity index (χ4n) is 2.08.